The minimum atomic E-state index is -0.352. The fourth-order valence-corrected chi connectivity index (χ4v) is 2.74. The zero-order chi connectivity index (χ0) is 15.1. The number of ether oxygens (including phenoxy) is 2. The van der Waals surface area contributed by atoms with Crippen molar-refractivity contribution in [2.24, 2.45) is 0 Å². The second-order valence-corrected chi connectivity index (χ2v) is 5.14. The first kappa shape index (κ1) is 15.6. The lowest BCUT2D eigenvalue weighted by atomic mass is 9.87. The molecule has 5 nitrogen and oxygen atoms in total. The van der Waals surface area contributed by atoms with Crippen LogP contribution in [0.25, 0.3) is 0 Å². The van der Waals surface area contributed by atoms with E-state index in [-0.39, 0.29) is 6.09 Å². The third-order valence-electron chi connectivity index (χ3n) is 3.77. The Hall–Kier alpha value is -1.75. The molecule has 1 aromatic carbocycles. The van der Waals surface area contributed by atoms with Gasteiger partial charge in [-0.2, -0.15) is 0 Å². The lowest BCUT2D eigenvalue weighted by Gasteiger charge is -2.27. The van der Waals surface area contributed by atoms with Crippen molar-refractivity contribution in [1.82, 2.24) is 10.6 Å². The highest BCUT2D eigenvalue weighted by atomic mass is 16.5. The average Bonchev–Trinajstić information content (AvgIpc) is 2.51. The fourth-order valence-electron chi connectivity index (χ4n) is 2.74. The van der Waals surface area contributed by atoms with Gasteiger partial charge in [-0.05, 0) is 43.4 Å². The number of benzene rings is 1. The molecule has 1 aliphatic carbocycles. The third-order valence-corrected chi connectivity index (χ3v) is 3.77. The van der Waals surface area contributed by atoms with Crippen LogP contribution in [-0.4, -0.2) is 38.9 Å². The number of hydrogen-bond donors (Lipinski definition) is 2. The molecule has 116 valence electrons. The van der Waals surface area contributed by atoms with Crippen LogP contribution in [0.3, 0.4) is 0 Å². The Balaban J connectivity index is 1.78. The van der Waals surface area contributed by atoms with Gasteiger partial charge in [-0.3, -0.25) is 0 Å². The van der Waals surface area contributed by atoms with Crippen molar-refractivity contribution in [2.45, 2.75) is 32.2 Å². The molecule has 21 heavy (non-hydrogen) atoms. The normalized spacial score (nSPS) is 17.0. The summed E-state index contributed by atoms with van der Waals surface area (Å²) in [6.07, 6.45) is 2.79. The summed E-state index contributed by atoms with van der Waals surface area (Å²) in [5.74, 6) is 0.976. The minimum absolute atomic E-state index is 0.352. The Kier molecular flexibility index (Phi) is 5.87. The molecule has 0 heterocycles. The molecule has 0 bridgehead atoms. The Morgan fingerprint density at radius 3 is 3.00 bits per heavy atom. The van der Waals surface area contributed by atoms with Crippen LogP contribution in [0.5, 0.6) is 5.75 Å². The highest BCUT2D eigenvalue weighted by molar-refractivity contribution is 5.66. The van der Waals surface area contributed by atoms with Crippen LogP contribution < -0.4 is 15.4 Å². The van der Waals surface area contributed by atoms with E-state index in [9.17, 15) is 4.79 Å². The first-order valence-corrected chi connectivity index (χ1v) is 7.53. The van der Waals surface area contributed by atoms with E-state index in [1.54, 1.807) is 14.0 Å². The zero-order valence-electron chi connectivity index (χ0n) is 12.8. The first-order valence-electron chi connectivity index (χ1n) is 7.53. The molecule has 0 radical (unpaired) electrons. The monoisotopic (exact) mass is 292 g/mol. The molecule has 2 rings (SSSR count). The van der Waals surface area contributed by atoms with E-state index in [0.29, 0.717) is 19.2 Å². The second-order valence-electron chi connectivity index (χ2n) is 5.14. The summed E-state index contributed by atoms with van der Waals surface area (Å²) in [6.45, 7) is 3.52. The molecule has 5 heteroatoms. The minimum Gasteiger partial charge on any atom is -0.496 e. The summed E-state index contributed by atoms with van der Waals surface area (Å²) in [5, 5.41) is 6.20. The number of aryl methyl sites for hydroxylation is 1. The maximum Gasteiger partial charge on any atom is 0.407 e. The third kappa shape index (κ3) is 4.36. The SMILES string of the molecule is CCOC(=O)NCCNC1CCc2cccc(OC)c2C1. The van der Waals surface area contributed by atoms with Crippen molar-refractivity contribution in [1.29, 1.82) is 0 Å². The molecule has 0 saturated carbocycles. The van der Waals surface area contributed by atoms with Gasteiger partial charge >= 0.3 is 6.09 Å². The molecule has 0 aliphatic heterocycles. The van der Waals surface area contributed by atoms with Crippen LogP contribution in [-0.2, 0) is 17.6 Å². The number of fused-ring (bicyclic) bond motifs is 1. The predicted molar refractivity (Wildman–Crippen MR) is 81.8 cm³/mol. The topological polar surface area (TPSA) is 59.6 Å². The highest BCUT2D eigenvalue weighted by Crippen LogP contribution is 2.29. The van der Waals surface area contributed by atoms with Crippen LogP contribution in [0.1, 0.15) is 24.5 Å². The van der Waals surface area contributed by atoms with E-state index >= 15 is 0 Å². The van der Waals surface area contributed by atoms with Crippen molar-refractivity contribution in [3.63, 3.8) is 0 Å². The Labute approximate surface area is 126 Å². The van der Waals surface area contributed by atoms with Crippen LogP contribution >= 0.6 is 0 Å². The lowest BCUT2D eigenvalue weighted by Crippen LogP contribution is -2.40. The number of alkyl carbamates (subject to hydrolysis) is 1. The van der Waals surface area contributed by atoms with Gasteiger partial charge < -0.3 is 20.1 Å². The molecule has 1 aromatic rings. The van der Waals surface area contributed by atoms with Gasteiger partial charge in [0.1, 0.15) is 5.75 Å². The molecule has 2 N–H and O–H groups in total. The Bertz CT molecular complexity index is 462. The molecule has 1 aliphatic rings. The van der Waals surface area contributed by atoms with Crippen LogP contribution in [0.2, 0.25) is 0 Å². The molecule has 0 fully saturated rings. The molecule has 1 atom stereocenters. The van der Waals surface area contributed by atoms with Crippen LogP contribution in [0, 0.1) is 0 Å². The van der Waals surface area contributed by atoms with Gasteiger partial charge in [0.25, 0.3) is 0 Å². The van der Waals surface area contributed by atoms with Gasteiger partial charge in [0.05, 0.1) is 13.7 Å². The van der Waals surface area contributed by atoms with E-state index in [1.165, 1.54) is 11.1 Å². The number of carbonyl (C=O) groups excluding carboxylic acids is 1. The standard InChI is InChI=1S/C16H24N2O3/c1-3-21-16(19)18-10-9-17-13-8-7-12-5-4-6-15(20-2)14(12)11-13/h4-6,13,17H,3,7-11H2,1-2H3,(H,18,19). The second kappa shape index (κ2) is 7.88. The number of amides is 1. The summed E-state index contributed by atoms with van der Waals surface area (Å²) < 4.78 is 10.3. The molecule has 0 saturated heterocycles. The molecular formula is C16H24N2O3. The maximum absolute atomic E-state index is 11.2. The van der Waals surface area contributed by atoms with E-state index in [0.717, 1.165) is 31.6 Å². The van der Waals surface area contributed by atoms with Crippen molar-refractivity contribution in [3.05, 3.63) is 29.3 Å². The van der Waals surface area contributed by atoms with Gasteiger partial charge in [0.15, 0.2) is 0 Å². The number of hydrogen-bond acceptors (Lipinski definition) is 4. The summed E-state index contributed by atoms with van der Waals surface area (Å²) in [4.78, 5) is 11.2. The van der Waals surface area contributed by atoms with Crippen molar-refractivity contribution >= 4 is 6.09 Å². The lowest BCUT2D eigenvalue weighted by molar-refractivity contribution is 0.152. The first-order chi connectivity index (χ1) is 10.2. The summed E-state index contributed by atoms with van der Waals surface area (Å²) >= 11 is 0. The Morgan fingerprint density at radius 2 is 2.24 bits per heavy atom. The van der Waals surface area contributed by atoms with Crippen LogP contribution in [0.15, 0.2) is 18.2 Å². The quantitative estimate of drug-likeness (QED) is 0.786. The summed E-state index contributed by atoms with van der Waals surface area (Å²) in [6, 6.07) is 6.67. The molecule has 1 unspecified atom stereocenters. The molecular weight excluding hydrogens is 268 g/mol. The van der Waals surface area contributed by atoms with Gasteiger partial charge in [0, 0.05) is 19.1 Å². The van der Waals surface area contributed by atoms with Gasteiger partial charge in [-0.25, -0.2) is 4.79 Å². The number of methoxy groups -OCH3 is 1. The van der Waals surface area contributed by atoms with Crippen molar-refractivity contribution < 1.29 is 14.3 Å². The summed E-state index contributed by atoms with van der Waals surface area (Å²) in [7, 11) is 1.72. The number of carbonyl (C=O) groups is 1. The van der Waals surface area contributed by atoms with E-state index in [4.69, 9.17) is 9.47 Å². The number of rotatable bonds is 6. The van der Waals surface area contributed by atoms with Gasteiger partial charge in [-0.15, -0.1) is 0 Å². The van der Waals surface area contributed by atoms with Gasteiger partial charge in [-0.1, -0.05) is 12.1 Å². The zero-order valence-corrected chi connectivity index (χ0v) is 12.8. The molecule has 0 aromatic heterocycles. The van der Waals surface area contributed by atoms with Crippen LogP contribution in [0.4, 0.5) is 4.79 Å². The largest absolute Gasteiger partial charge is 0.496 e. The number of nitrogens with one attached hydrogen (secondary N) is 2. The van der Waals surface area contributed by atoms with Crippen molar-refractivity contribution in [3.8, 4) is 5.75 Å². The fraction of sp³-hybridized carbons (Fsp3) is 0.562. The summed E-state index contributed by atoms with van der Waals surface area (Å²) in [5.41, 5.74) is 2.69. The average molecular weight is 292 g/mol. The van der Waals surface area contributed by atoms with E-state index in [1.807, 2.05) is 6.07 Å². The van der Waals surface area contributed by atoms with Gasteiger partial charge in [0.2, 0.25) is 0 Å². The highest BCUT2D eigenvalue weighted by Gasteiger charge is 2.20. The van der Waals surface area contributed by atoms with E-state index < -0.39 is 0 Å². The van der Waals surface area contributed by atoms with Crippen molar-refractivity contribution in [2.75, 3.05) is 26.8 Å². The molecule has 1 amide bonds. The smallest absolute Gasteiger partial charge is 0.407 e. The predicted octanol–water partition coefficient (Wildman–Crippen LogP) is 1.89. The maximum atomic E-state index is 11.2. The van der Waals surface area contributed by atoms with E-state index in [2.05, 4.69) is 22.8 Å². The molecule has 0 spiro atoms. The Morgan fingerprint density at radius 1 is 1.38 bits per heavy atom.